The summed E-state index contributed by atoms with van der Waals surface area (Å²) in [4.78, 5) is 13.1. The van der Waals surface area contributed by atoms with E-state index in [1.807, 2.05) is 36.4 Å². The average Bonchev–Trinajstić information content (AvgIpc) is 3.13. The third-order valence-corrected chi connectivity index (χ3v) is 7.32. The first-order valence-corrected chi connectivity index (χ1v) is 13.0. The molecule has 0 saturated carbocycles. The highest BCUT2D eigenvalue weighted by Crippen LogP contribution is 2.32. The normalized spacial score (nSPS) is 16.8. The lowest BCUT2D eigenvalue weighted by molar-refractivity contribution is -0.116. The van der Waals surface area contributed by atoms with Gasteiger partial charge >= 0.3 is 0 Å². The third-order valence-electron chi connectivity index (χ3n) is 4.95. The van der Waals surface area contributed by atoms with Crippen LogP contribution >= 0.6 is 50.3 Å². The van der Waals surface area contributed by atoms with Crippen LogP contribution in [-0.2, 0) is 17.8 Å². The number of thioether (sulfide) groups is 1. The second-order valence-corrected chi connectivity index (χ2v) is 10.5. The minimum Gasteiger partial charge on any atom is -0.488 e. The molecule has 7 heteroatoms. The van der Waals surface area contributed by atoms with Crippen LogP contribution in [0.1, 0.15) is 23.6 Å². The summed E-state index contributed by atoms with van der Waals surface area (Å²) in [5.74, 6) is 0.692. The van der Waals surface area contributed by atoms with E-state index in [9.17, 15) is 4.79 Å². The molecule has 32 heavy (non-hydrogen) atoms. The van der Waals surface area contributed by atoms with Gasteiger partial charge in [-0.15, -0.1) is 0 Å². The number of amides is 1. The summed E-state index contributed by atoms with van der Waals surface area (Å²) >= 11 is 7.36. The van der Waals surface area contributed by atoms with E-state index in [4.69, 9.17) is 4.74 Å². The van der Waals surface area contributed by atoms with Gasteiger partial charge in [-0.05, 0) is 104 Å². The molecular formula is C25H22BrIN2O2S. The van der Waals surface area contributed by atoms with Crippen LogP contribution in [-0.4, -0.2) is 11.4 Å². The number of nitrogens with one attached hydrogen (secondary N) is 2. The zero-order chi connectivity index (χ0) is 22.5. The first-order valence-electron chi connectivity index (χ1n) is 10.2. The van der Waals surface area contributed by atoms with Crippen LogP contribution in [0.15, 0.2) is 76.1 Å². The highest BCUT2D eigenvalue weighted by atomic mass is 127. The molecule has 1 fully saturated rings. The fraction of sp³-hybridized carbons (Fsp3) is 0.160. The topological polar surface area (TPSA) is 50.4 Å². The van der Waals surface area contributed by atoms with Crippen LogP contribution in [0, 0.1) is 3.57 Å². The Hall–Kier alpha value is -1.97. The van der Waals surface area contributed by atoms with Gasteiger partial charge in [-0.2, -0.15) is 0 Å². The van der Waals surface area contributed by atoms with Crippen LogP contribution in [0.4, 0.5) is 5.69 Å². The van der Waals surface area contributed by atoms with Gasteiger partial charge in [-0.3, -0.25) is 4.79 Å². The lowest BCUT2D eigenvalue weighted by atomic mass is 10.1. The standard InChI is InChI=1S/C25H22BrIN2O2S/c1-2-16-5-10-20(11-6-16)28-25-29-24(30)23(32-25)14-18-7-12-22(21(26)13-18)31-15-17-3-8-19(27)9-4-17/h3-14,25,28H,2,15H2,1H3,(H,29,30)/b23-14-/t25-/m0/s1. The molecule has 1 atom stereocenters. The Labute approximate surface area is 214 Å². The van der Waals surface area contributed by atoms with Gasteiger partial charge in [0.15, 0.2) is 5.50 Å². The summed E-state index contributed by atoms with van der Waals surface area (Å²) in [5.41, 5.74) is 4.13. The highest BCUT2D eigenvalue weighted by molar-refractivity contribution is 14.1. The SMILES string of the molecule is CCc1ccc(N[C@H]2NC(=O)/C(=C/c3ccc(OCc4ccc(I)cc4)c(Br)c3)S2)cc1. The number of anilines is 1. The van der Waals surface area contributed by atoms with Crippen LogP contribution in [0.3, 0.4) is 0 Å². The second-order valence-electron chi connectivity index (χ2n) is 7.28. The van der Waals surface area contributed by atoms with Gasteiger partial charge < -0.3 is 15.4 Å². The summed E-state index contributed by atoms with van der Waals surface area (Å²) in [6.07, 6.45) is 2.91. The molecule has 1 aliphatic rings. The summed E-state index contributed by atoms with van der Waals surface area (Å²) < 4.78 is 8.00. The fourth-order valence-corrected chi connectivity index (χ4v) is 5.03. The predicted molar refractivity (Wildman–Crippen MR) is 145 cm³/mol. The number of benzene rings is 3. The van der Waals surface area contributed by atoms with Crippen molar-refractivity contribution in [2.24, 2.45) is 0 Å². The predicted octanol–water partition coefficient (Wildman–Crippen LogP) is 6.79. The maximum atomic E-state index is 12.4. The molecule has 4 rings (SSSR count). The van der Waals surface area contributed by atoms with E-state index >= 15 is 0 Å². The smallest absolute Gasteiger partial charge is 0.260 e. The Morgan fingerprint density at radius 2 is 1.81 bits per heavy atom. The molecule has 0 spiro atoms. The van der Waals surface area contributed by atoms with Gasteiger partial charge in [-0.1, -0.05) is 49.0 Å². The van der Waals surface area contributed by atoms with Gasteiger partial charge in [0.25, 0.3) is 5.91 Å². The van der Waals surface area contributed by atoms with E-state index in [2.05, 4.69) is 92.5 Å². The van der Waals surface area contributed by atoms with E-state index < -0.39 is 0 Å². The van der Waals surface area contributed by atoms with Crippen LogP contribution in [0.25, 0.3) is 6.08 Å². The molecule has 0 unspecified atom stereocenters. The average molecular weight is 621 g/mol. The van der Waals surface area contributed by atoms with Crippen molar-refractivity contribution < 1.29 is 9.53 Å². The molecule has 1 heterocycles. The van der Waals surface area contributed by atoms with Crippen LogP contribution in [0.5, 0.6) is 5.75 Å². The van der Waals surface area contributed by atoms with Crippen molar-refractivity contribution in [1.82, 2.24) is 5.32 Å². The van der Waals surface area contributed by atoms with Crippen molar-refractivity contribution in [3.8, 4) is 5.75 Å². The zero-order valence-corrected chi connectivity index (χ0v) is 22.0. The lowest BCUT2D eigenvalue weighted by Crippen LogP contribution is -2.30. The quantitative estimate of drug-likeness (QED) is 0.225. The number of aryl methyl sites for hydroxylation is 1. The first kappa shape index (κ1) is 23.2. The molecule has 0 aromatic heterocycles. The van der Waals surface area contributed by atoms with E-state index in [-0.39, 0.29) is 11.4 Å². The van der Waals surface area contributed by atoms with E-state index in [0.29, 0.717) is 11.5 Å². The second kappa shape index (κ2) is 10.8. The summed E-state index contributed by atoms with van der Waals surface area (Å²) in [5, 5.41) is 6.33. The van der Waals surface area contributed by atoms with Gasteiger partial charge in [0, 0.05) is 9.26 Å². The van der Waals surface area contributed by atoms with E-state index in [0.717, 1.165) is 33.5 Å². The highest BCUT2D eigenvalue weighted by Gasteiger charge is 2.27. The first-order chi connectivity index (χ1) is 15.5. The third kappa shape index (κ3) is 6.08. The zero-order valence-electron chi connectivity index (χ0n) is 17.4. The van der Waals surface area contributed by atoms with Crippen molar-refractivity contribution in [3.05, 3.63) is 96.4 Å². The molecule has 1 aliphatic heterocycles. The van der Waals surface area contributed by atoms with E-state index in [1.54, 1.807) is 0 Å². The fourth-order valence-electron chi connectivity index (χ4n) is 3.17. The number of carbonyl (C=O) groups is 1. The molecule has 0 aliphatic carbocycles. The van der Waals surface area contributed by atoms with Crippen molar-refractivity contribution in [2.45, 2.75) is 25.4 Å². The number of hydrogen-bond acceptors (Lipinski definition) is 4. The van der Waals surface area contributed by atoms with Gasteiger partial charge in [-0.25, -0.2) is 0 Å². The summed E-state index contributed by atoms with van der Waals surface area (Å²) in [7, 11) is 0. The van der Waals surface area contributed by atoms with Crippen LogP contribution in [0.2, 0.25) is 0 Å². The maximum Gasteiger partial charge on any atom is 0.260 e. The van der Waals surface area contributed by atoms with Crippen molar-refractivity contribution in [3.63, 3.8) is 0 Å². The van der Waals surface area contributed by atoms with Gasteiger partial charge in [0.1, 0.15) is 12.4 Å². The molecule has 1 saturated heterocycles. The minimum absolute atomic E-state index is 0.0761. The molecule has 0 radical (unpaired) electrons. The number of hydrogen-bond donors (Lipinski definition) is 2. The molecular weight excluding hydrogens is 599 g/mol. The number of halogens is 2. The number of ether oxygens (including phenoxy) is 1. The lowest BCUT2D eigenvalue weighted by Gasteiger charge is -2.12. The molecule has 2 N–H and O–H groups in total. The number of carbonyl (C=O) groups excluding carboxylic acids is 1. The minimum atomic E-state index is -0.193. The molecule has 3 aromatic carbocycles. The summed E-state index contributed by atoms with van der Waals surface area (Å²) in [6, 6.07) is 22.4. The maximum absolute atomic E-state index is 12.4. The van der Waals surface area contributed by atoms with Gasteiger partial charge in [0.2, 0.25) is 0 Å². The molecule has 164 valence electrons. The largest absolute Gasteiger partial charge is 0.488 e. The summed E-state index contributed by atoms with van der Waals surface area (Å²) in [6.45, 7) is 2.63. The molecule has 1 amide bonds. The Morgan fingerprint density at radius 1 is 1.09 bits per heavy atom. The van der Waals surface area contributed by atoms with E-state index in [1.165, 1.54) is 20.9 Å². The van der Waals surface area contributed by atoms with Crippen molar-refractivity contribution in [2.75, 3.05) is 5.32 Å². The molecule has 0 bridgehead atoms. The van der Waals surface area contributed by atoms with Gasteiger partial charge in [0.05, 0.1) is 9.38 Å². The van der Waals surface area contributed by atoms with Crippen molar-refractivity contribution >= 4 is 68.0 Å². The van der Waals surface area contributed by atoms with Crippen LogP contribution < -0.4 is 15.4 Å². The molecule has 3 aromatic rings. The Bertz CT molecular complexity index is 1130. The molecule has 4 nitrogen and oxygen atoms in total. The number of rotatable bonds is 7. The Balaban J connectivity index is 1.38. The Kier molecular flexibility index (Phi) is 7.80. The monoisotopic (exact) mass is 620 g/mol. The Morgan fingerprint density at radius 3 is 2.50 bits per heavy atom. The van der Waals surface area contributed by atoms with Crippen molar-refractivity contribution in [1.29, 1.82) is 0 Å².